The quantitative estimate of drug-likeness (QED) is 0.546. The molecule has 0 atom stereocenters. The number of halogens is 5. The molecule has 7 heteroatoms. The van der Waals surface area contributed by atoms with Crippen molar-refractivity contribution in [3.05, 3.63) is 59.4 Å². The number of rotatable bonds is 8. The lowest BCUT2D eigenvalue weighted by Crippen LogP contribution is -2.22. The van der Waals surface area contributed by atoms with Gasteiger partial charge >= 0.3 is 12.7 Å². The van der Waals surface area contributed by atoms with Crippen molar-refractivity contribution >= 4 is 0 Å². The Bertz CT molecular complexity index is 686. The first kappa shape index (κ1) is 19.0. The average Bonchev–Trinajstić information content (AvgIpc) is 2.55. The van der Waals surface area contributed by atoms with Crippen LogP contribution in [-0.4, -0.2) is 6.61 Å². The third kappa shape index (κ3) is 5.34. The lowest BCUT2D eigenvalue weighted by Gasteiger charge is -2.19. The molecule has 25 heavy (non-hydrogen) atoms. The molecule has 2 aromatic rings. The first-order chi connectivity index (χ1) is 11.8. The highest BCUT2D eigenvalue weighted by atomic mass is 19.3. The highest BCUT2D eigenvalue weighted by Gasteiger charge is 2.34. The minimum absolute atomic E-state index is 0.388. The van der Waals surface area contributed by atoms with Crippen LogP contribution in [0.4, 0.5) is 22.0 Å². The number of ether oxygens (including phenoxy) is 2. The van der Waals surface area contributed by atoms with E-state index >= 15 is 0 Å². The molecule has 0 fully saturated rings. The molecule has 0 aliphatic heterocycles. The topological polar surface area (TPSA) is 18.5 Å². The van der Waals surface area contributed by atoms with Crippen molar-refractivity contribution in [3.8, 4) is 11.5 Å². The number of alkyl halides is 4. The molecule has 2 rings (SSSR count). The standard InChI is InChI=1S/C18H17F5O2/c1-2-3-4-12-5-7-13(8-6-12)18(22,23)25-14-9-10-16(15(19)11-14)24-17(20)21/h5-11,17H,2-4H2,1H3. The number of unbranched alkanes of at least 4 members (excludes halogenated alkanes) is 1. The molecular weight excluding hydrogens is 343 g/mol. The molecule has 0 aliphatic rings. The Morgan fingerprint density at radius 3 is 2.28 bits per heavy atom. The molecule has 0 radical (unpaired) electrons. The van der Waals surface area contributed by atoms with E-state index in [2.05, 4.69) is 9.47 Å². The predicted molar refractivity (Wildman–Crippen MR) is 82.6 cm³/mol. The molecule has 2 nitrogen and oxygen atoms in total. The monoisotopic (exact) mass is 360 g/mol. The zero-order chi connectivity index (χ0) is 18.4. The molecule has 0 heterocycles. The summed E-state index contributed by atoms with van der Waals surface area (Å²) in [7, 11) is 0. The van der Waals surface area contributed by atoms with Crippen molar-refractivity contribution in [2.45, 2.75) is 38.9 Å². The van der Waals surface area contributed by atoms with Gasteiger partial charge in [0, 0.05) is 6.07 Å². The van der Waals surface area contributed by atoms with E-state index in [0.29, 0.717) is 6.07 Å². The second kappa shape index (κ2) is 8.18. The summed E-state index contributed by atoms with van der Waals surface area (Å²) < 4.78 is 74.5. The molecule has 0 N–H and O–H groups in total. The maximum Gasteiger partial charge on any atom is 0.426 e. The highest BCUT2D eigenvalue weighted by molar-refractivity contribution is 5.34. The maximum atomic E-state index is 14.2. The zero-order valence-corrected chi connectivity index (χ0v) is 13.4. The first-order valence-electron chi connectivity index (χ1n) is 7.72. The highest BCUT2D eigenvalue weighted by Crippen LogP contribution is 2.33. The van der Waals surface area contributed by atoms with Gasteiger partial charge in [-0.15, -0.1) is 0 Å². The van der Waals surface area contributed by atoms with Gasteiger partial charge in [0.05, 0.1) is 5.56 Å². The Labute approximate surface area is 142 Å². The van der Waals surface area contributed by atoms with Gasteiger partial charge in [-0.2, -0.15) is 17.6 Å². The molecule has 0 aliphatic carbocycles. The lowest BCUT2D eigenvalue weighted by molar-refractivity contribution is -0.185. The van der Waals surface area contributed by atoms with Crippen LogP contribution in [0.5, 0.6) is 11.5 Å². The van der Waals surface area contributed by atoms with Crippen LogP contribution in [0.25, 0.3) is 0 Å². The average molecular weight is 360 g/mol. The molecule has 0 saturated carbocycles. The van der Waals surface area contributed by atoms with E-state index in [1.165, 1.54) is 12.1 Å². The van der Waals surface area contributed by atoms with E-state index < -0.39 is 30.0 Å². The van der Waals surface area contributed by atoms with Crippen molar-refractivity contribution in [2.24, 2.45) is 0 Å². The van der Waals surface area contributed by atoms with E-state index in [1.807, 2.05) is 6.92 Å². The maximum absolute atomic E-state index is 14.2. The number of benzene rings is 2. The van der Waals surface area contributed by atoms with Crippen LogP contribution in [0.3, 0.4) is 0 Å². The van der Waals surface area contributed by atoms with Gasteiger partial charge in [-0.25, -0.2) is 4.39 Å². The molecule has 0 amide bonds. The summed E-state index contributed by atoms with van der Waals surface area (Å²) in [5, 5.41) is 0. The fourth-order valence-electron chi connectivity index (χ4n) is 2.19. The first-order valence-corrected chi connectivity index (χ1v) is 7.72. The summed E-state index contributed by atoms with van der Waals surface area (Å²) >= 11 is 0. The second-order valence-corrected chi connectivity index (χ2v) is 5.39. The van der Waals surface area contributed by atoms with Crippen molar-refractivity contribution in [1.82, 2.24) is 0 Å². The molecule has 0 spiro atoms. The van der Waals surface area contributed by atoms with Crippen LogP contribution in [0.1, 0.15) is 30.9 Å². The summed E-state index contributed by atoms with van der Waals surface area (Å²) in [4.78, 5) is 0. The van der Waals surface area contributed by atoms with Crippen LogP contribution in [0.15, 0.2) is 42.5 Å². The van der Waals surface area contributed by atoms with Gasteiger partial charge < -0.3 is 9.47 Å². The van der Waals surface area contributed by atoms with Gasteiger partial charge in [0.1, 0.15) is 5.75 Å². The number of aryl methyl sites for hydroxylation is 1. The molecular formula is C18H17F5O2. The van der Waals surface area contributed by atoms with Crippen LogP contribution in [0, 0.1) is 5.82 Å². The van der Waals surface area contributed by atoms with Gasteiger partial charge in [-0.05, 0) is 42.7 Å². The molecule has 0 saturated heterocycles. The van der Waals surface area contributed by atoms with E-state index in [1.54, 1.807) is 12.1 Å². The Hall–Kier alpha value is -2.31. The molecule has 0 bridgehead atoms. The zero-order valence-electron chi connectivity index (χ0n) is 13.4. The Kier molecular flexibility index (Phi) is 6.22. The lowest BCUT2D eigenvalue weighted by atomic mass is 10.1. The summed E-state index contributed by atoms with van der Waals surface area (Å²) in [6.07, 6.45) is -0.947. The van der Waals surface area contributed by atoms with E-state index in [-0.39, 0.29) is 5.56 Å². The molecule has 2 aromatic carbocycles. The third-order valence-electron chi connectivity index (χ3n) is 3.47. The normalized spacial score (nSPS) is 11.6. The summed E-state index contributed by atoms with van der Waals surface area (Å²) in [6.45, 7) is -1.18. The molecule has 0 unspecified atom stereocenters. The number of hydrogen-bond acceptors (Lipinski definition) is 2. The minimum atomic E-state index is -3.69. The van der Waals surface area contributed by atoms with Crippen LogP contribution in [-0.2, 0) is 12.5 Å². The predicted octanol–water partition coefficient (Wildman–Crippen LogP) is 5.90. The van der Waals surface area contributed by atoms with E-state index in [4.69, 9.17) is 0 Å². The summed E-state index contributed by atoms with van der Waals surface area (Å²) in [5.41, 5.74) is 0.544. The SMILES string of the molecule is CCCCc1ccc(C(F)(F)Oc2ccc(OC(F)F)c(F)c2)cc1. The summed E-state index contributed by atoms with van der Waals surface area (Å²) in [5.74, 6) is -2.46. The Morgan fingerprint density at radius 2 is 1.72 bits per heavy atom. The van der Waals surface area contributed by atoms with E-state index in [0.717, 1.165) is 37.0 Å². The van der Waals surface area contributed by atoms with Crippen molar-refractivity contribution in [1.29, 1.82) is 0 Å². The Morgan fingerprint density at radius 1 is 1.04 bits per heavy atom. The van der Waals surface area contributed by atoms with Crippen molar-refractivity contribution in [2.75, 3.05) is 0 Å². The molecule has 0 aromatic heterocycles. The van der Waals surface area contributed by atoms with Crippen LogP contribution < -0.4 is 9.47 Å². The van der Waals surface area contributed by atoms with Gasteiger partial charge in [-0.3, -0.25) is 0 Å². The van der Waals surface area contributed by atoms with Gasteiger partial charge in [-0.1, -0.05) is 25.5 Å². The third-order valence-corrected chi connectivity index (χ3v) is 3.47. The largest absolute Gasteiger partial charge is 0.432 e. The van der Waals surface area contributed by atoms with E-state index in [9.17, 15) is 22.0 Å². The smallest absolute Gasteiger partial charge is 0.426 e. The number of hydrogen-bond donors (Lipinski definition) is 0. The second-order valence-electron chi connectivity index (χ2n) is 5.39. The molecule has 136 valence electrons. The summed E-state index contributed by atoms with van der Waals surface area (Å²) in [6, 6.07) is 7.97. The van der Waals surface area contributed by atoms with Gasteiger partial charge in [0.15, 0.2) is 11.6 Å². The van der Waals surface area contributed by atoms with Gasteiger partial charge in [0.25, 0.3) is 0 Å². The minimum Gasteiger partial charge on any atom is -0.432 e. The van der Waals surface area contributed by atoms with Crippen LogP contribution in [0.2, 0.25) is 0 Å². The van der Waals surface area contributed by atoms with Crippen molar-refractivity contribution in [3.63, 3.8) is 0 Å². The van der Waals surface area contributed by atoms with Gasteiger partial charge in [0.2, 0.25) is 0 Å². The Balaban J connectivity index is 2.11. The fourth-order valence-corrected chi connectivity index (χ4v) is 2.19. The fraction of sp³-hybridized carbons (Fsp3) is 0.333. The van der Waals surface area contributed by atoms with Crippen molar-refractivity contribution < 1.29 is 31.4 Å². The van der Waals surface area contributed by atoms with Crippen LogP contribution >= 0.6 is 0 Å².